The summed E-state index contributed by atoms with van der Waals surface area (Å²) in [5.41, 5.74) is 8.91. The van der Waals surface area contributed by atoms with Crippen molar-refractivity contribution in [3.63, 3.8) is 0 Å². The maximum atomic E-state index is 11.7. The van der Waals surface area contributed by atoms with Crippen molar-refractivity contribution in [2.45, 2.75) is 20.8 Å². The summed E-state index contributed by atoms with van der Waals surface area (Å²) in [5.74, 6) is 1.26. The van der Waals surface area contributed by atoms with E-state index in [9.17, 15) is 9.00 Å². The van der Waals surface area contributed by atoms with Crippen LogP contribution in [0.1, 0.15) is 16.7 Å². The van der Waals surface area contributed by atoms with E-state index in [0.29, 0.717) is 11.4 Å². The molecule has 2 N–H and O–H groups in total. The van der Waals surface area contributed by atoms with E-state index in [0.717, 1.165) is 16.9 Å². The van der Waals surface area contributed by atoms with Crippen LogP contribution in [0.15, 0.2) is 36.4 Å². The van der Waals surface area contributed by atoms with Crippen LogP contribution < -0.4 is 19.8 Å². The molecule has 0 bridgehead atoms. The molecule has 0 aromatic heterocycles. The first-order valence-corrected chi connectivity index (χ1v) is 9.84. The predicted molar refractivity (Wildman–Crippen MR) is 105 cm³/mol. The molecule has 0 fully saturated rings. The number of rotatable bonds is 8. The van der Waals surface area contributed by atoms with Crippen LogP contribution in [0.2, 0.25) is 0 Å². The van der Waals surface area contributed by atoms with Gasteiger partial charge in [-0.1, -0.05) is 17.7 Å². The highest BCUT2D eigenvalue weighted by atomic mass is 32.2. The molecule has 146 valence electrons. The summed E-state index contributed by atoms with van der Waals surface area (Å²) in [5, 5.41) is 0. The van der Waals surface area contributed by atoms with Gasteiger partial charge in [0.2, 0.25) is 11.1 Å². The Hall–Kier alpha value is -2.74. The topological polar surface area (TPSA) is 85.9 Å². The fourth-order valence-electron chi connectivity index (χ4n) is 2.37. The lowest BCUT2D eigenvalue weighted by Crippen LogP contribution is -2.31. The number of hydrogen-bond donors (Lipinski definition) is 2. The average molecular weight is 392 g/mol. The number of amides is 1. The molecule has 2 aromatic rings. The molecule has 27 heavy (non-hydrogen) atoms. The first-order chi connectivity index (χ1) is 12.8. The Bertz CT molecular complexity index is 826. The minimum Gasteiger partial charge on any atom is -0.490 e. The van der Waals surface area contributed by atoms with Crippen LogP contribution in [0.5, 0.6) is 11.5 Å². The maximum absolute atomic E-state index is 11.7. The zero-order valence-electron chi connectivity index (χ0n) is 15.8. The lowest BCUT2D eigenvalue weighted by atomic mass is 10.1. The van der Waals surface area contributed by atoms with Crippen LogP contribution in [-0.4, -0.2) is 29.8 Å². The summed E-state index contributed by atoms with van der Waals surface area (Å²) in [7, 11) is 0. The number of benzene rings is 2. The SMILES string of the molecule is Cc1ccc(OCCOC(=O)NNc2ccc(OS(C)=O)cc2C)c(C)c1. The normalized spacial score (nSPS) is 11.4. The maximum Gasteiger partial charge on any atom is 0.426 e. The Balaban J connectivity index is 1.72. The van der Waals surface area contributed by atoms with Gasteiger partial charge in [-0.3, -0.25) is 5.43 Å². The van der Waals surface area contributed by atoms with Crippen molar-refractivity contribution in [1.29, 1.82) is 0 Å². The van der Waals surface area contributed by atoms with Gasteiger partial charge in [-0.2, -0.15) is 0 Å². The van der Waals surface area contributed by atoms with E-state index in [1.165, 1.54) is 11.8 Å². The number of hydrazine groups is 1. The van der Waals surface area contributed by atoms with Crippen LogP contribution in [0.4, 0.5) is 10.5 Å². The molecule has 1 unspecified atom stereocenters. The molecular weight excluding hydrogens is 368 g/mol. The summed E-state index contributed by atoms with van der Waals surface area (Å²) < 4.78 is 26.8. The van der Waals surface area contributed by atoms with Crippen LogP contribution >= 0.6 is 0 Å². The zero-order valence-corrected chi connectivity index (χ0v) is 16.6. The second-order valence-corrected chi connectivity index (χ2v) is 6.93. The quantitative estimate of drug-likeness (QED) is 0.529. The molecule has 1 atom stereocenters. The molecule has 8 heteroatoms. The summed E-state index contributed by atoms with van der Waals surface area (Å²) in [6, 6.07) is 11.0. The van der Waals surface area contributed by atoms with Gasteiger partial charge < -0.3 is 13.7 Å². The standard InChI is InChI=1S/C19H24N2O5S/c1-13-5-8-18(15(3)11-13)24-9-10-25-19(22)21-20-17-7-6-16(12-14(17)2)26-27(4)23/h5-8,11-12,20H,9-10H2,1-4H3,(H,21,22). The third kappa shape index (κ3) is 6.82. The molecular formula is C19H24N2O5S. The Morgan fingerprint density at radius 3 is 2.48 bits per heavy atom. The van der Waals surface area contributed by atoms with Gasteiger partial charge in [-0.25, -0.2) is 14.4 Å². The molecule has 0 saturated heterocycles. The number of hydrogen-bond acceptors (Lipinski definition) is 6. The van der Waals surface area contributed by atoms with E-state index in [1.54, 1.807) is 18.2 Å². The minimum absolute atomic E-state index is 0.120. The average Bonchev–Trinajstić information content (AvgIpc) is 2.59. The van der Waals surface area contributed by atoms with E-state index in [-0.39, 0.29) is 13.2 Å². The largest absolute Gasteiger partial charge is 0.490 e. The van der Waals surface area contributed by atoms with Gasteiger partial charge in [0, 0.05) is 6.26 Å². The highest BCUT2D eigenvalue weighted by Gasteiger charge is 2.06. The van der Waals surface area contributed by atoms with E-state index < -0.39 is 17.2 Å². The number of nitrogens with one attached hydrogen (secondary N) is 2. The van der Waals surface area contributed by atoms with E-state index in [1.807, 2.05) is 39.0 Å². The van der Waals surface area contributed by atoms with Gasteiger partial charge in [0.1, 0.15) is 24.7 Å². The third-order valence-corrected chi connectivity index (χ3v) is 4.04. The summed E-state index contributed by atoms with van der Waals surface area (Å²) in [6.45, 7) is 6.20. The molecule has 0 aliphatic heterocycles. The molecule has 0 radical (unpaired) electrons. The van der Waals surface area contributed by atoms with Crippen molar-refractivity contribution in [1.82, 2.24) is 5.43 Å². The van der Waals surface area contributed by atoms with Crippen molar-refractivity contribution in [2.75, 3.05) is 24.9 Å². The van der Waals surface area contributed by atoms with Crippen LogP contribution in [0.3, 0.4) is 0 Å². The van der Waals surface area contributed by atoms with Gasteiger partial charge in [-0.15, -0.1) is 0 Å². The minimum atomic E-state index is -1.39. The lowest BCUT2D eigenvalue weighted by molar-refractivity contribution is 0.126. The Morgan fingerprint density at radius 2 is 1.81 bits per heavy atom. The first kappa shape index (κ1) is 20.6. The predicted octanol–water partition coefficient (Wildman–Crippen LogP) is 3.42. The molecule has 2 aromatic carbocycles. The van der Waals surface area contributed by atoms with Crippen molar-refractivity contribution < 1.29 is 22.7 Å². The van der Waals surface area contributed by atoms with Gasteiger partial charge in [0.25, 0.3) is 0 Å². The molecule has 0 spiro atoms. The smallest absolute Gasteiger partial charge is 0.426 e. The monoisotopic (exact) mass is 392 g/mol. The number of carbonyl (C=O) groups excluding carboxylic acids is 1. The Kier molecular flexibility index (Phi) is 7.48. The molecule has 2 rings (SSSR count). The van der Waals surface area contributed by atoms with E-state index >= 15 is 0 Å². The highest BCUT2D eigenvalue weighted by Crippen LogP contribution is 2.21. The fourth-order valence-corrected chi connectivity index (χ4v) is 2.74. The van der Waals surface area contributed by atoms with Gasteiger partial charge in [-0.05, 0) is 56.2 Å². The van der Waals surface area contributed by atoms with Crippen LogP contribution in [0.25, 0.3) is 0 Å². The first-order valence-electron chi connectivity index (χ1n) is 8.36. The molecule has 0 saturated carbocycles. The van der Waals surface area contributed by atoms with E-state index in [2.05, 4.69) is 10.9 Å². The second-order valence-electron chi connectivity index (χ2n) is 5.96. The van der Waals surface area contributed by atoms with Gasteiger partial charge >= 0.3 is 6.09 Å². The summed E-state index contributed by atoms with van der Waals surface area (Å²) >= 11 is -1.39. The number of carbonyl (C=O) groups is 1. The summed E-state index contributed by atoms with van der Waals surface area (Å²) in [6.07, 6.45) is 0.830. The molecule has 7 nitrogen and oxygen atoms in total. The van der Waals surface area contributed by atoms with Crippen LogP contribution in [0, 0.1) is 20.8 Å². The summed E-state index contributed by atoms with van der Waals surface area (Å²) in [4.78, 5) is 11.7. The van der Waals surface area contributed by atoms with Crippen molar-refractivity contribution >= 4 is 22.9 Å². The van der Waals surface area contributed by atoms with Gasteiger partial charge in [0.15, 0.2) is 0 Å². The Morgan fingerprint density at radius 1 is 1.04 bits per heavy atom. The lowest BCUT2D eigenvalue weighted by Gasteiger charge is -2.13. The molecule has 0 aliphatic carbocycles. The van der Waals surface area contributed by atoms with Crippen molar-refractivity contribution in [2.24, 2.45) is 0 Å². The fraction of sp³-hybridized carbons (Fsp3) is 0.316. The Labute approximate surface area is 161 Å². The van der Waals surface area contributed by atoms with E-state index in [4.69, 9.17) is 13.7 Å². The number of aryl methyl sites for hydroxylation is 3. The second kappa shape index (κ2) is 9.82. The van der Waals surface area contributed by atoms with Gasteiger partial charge in [0.05, 0.1) is 5.69 Å². The molecule has 1 amide bonds. The number of anilines is 1. The molecule has 0 heterocycles. The third-order valence-electron chi connectivity index (χ3n) is 3.62. The van der Waals surface area contributed by atoms with Crippen LogP contribution in [-0.2, 0) is 15.8 Å². The molecule has 0 aliphatic rings. The highest BCUT2D eigenvalue weighted by molar-refractivity contribution is 7.79. The van der Waals surface area contributed by atoms with Crippen molar-refractivity contribution in [3.8, 4) is 11.5 Å². The number of ether oxygens (including phenoxy) is 2. The van der Waals surface area contributed by atoms with Crippen molar-refractivity contribution in [3.05, 3.63) is 53.1 Å². The zero-order chi connectivity index (χ0) is 19.8.